The Balaban J connectivity index is 2.28. The van der Waals surface area contributed by atoms with Crippen LogP contribution in [0.2, 0.25) is 0 Å². The molecule has 2 nitrogen and oxygen atoms in total. The first-order valence-electron chi connectivity index (χ1n) is 6.63. The van der Waals surface area contributed by atoms with E-state index in [9.17, 15) is 0 Å². The zero-order valence-electron chi connectivity index (χ0n) is 11.4. The zero-order chi connectivity index (χ0) is 12.1. The Morgan fingerprint density at radius 3 is 2.62 bits per heavy atom. The smallest absolute Gasteiger partial charge is 0.0174 e. The van der Waals surface area contributed by atoms with E-state index in [1.807, 2.05) is 0 Å². The molecule has 0 amide bonds. The molecule has 1 heterocycles. The van der Waals surface area contributed by atoms with Gasteiger partial charge in [-0.2, -0.15) is 0 Å². The Morgan fingerprint density at radius 1 is 1.44 bits per heavy atom. The first-order valence-corrected chi connectivity index (χ1v) is 6.63. The van der Waals surface area contributed by atoms with Gasteiger partial charge in [0.1, 0.15) is 0 Å². The number of hydrogen-bond acceptors (Lipinski definition) is 2. The lowest BCUT2D eigenvalue weighted by molar-refractivity contribution is 0.302. The third kappa shape index (κ3) is 3.82. The van der Waals surface area contributed by atoms with Crippen LogP contribution in [-0.2, 0) is 0 Å². The standard InChI is InChI=1S/C14H28N2/c1-11(2)12(3)7-9-16(5)13(4)14-6-8-15-10-14/h11-12,14-15H,4,6-10H2,1-3,5H3. The molecule has 1 N–H and O–H groups in total. The van der Waals surface area contributed by atoms with Crippen molar-refractivity contribution in [3.8, 4) is 0 Å². The van der Waals surface area contributed by atoms with E-state index in [1.165, 1.54) is 18.5 Å². The topological polar surface area (TPSA) is 15.3 Å². The van der Waals surface area contributed by atoms with Gasteiger partial charge in [0.25, 0.3) is 0 Å². The highest BCUT2D eigenvalue weighted by atomic mass is 15.1. The van der Waals surface area contributed by atoms with Crippen molar-refractivity contribution in [2.24, 2.45) is 17.8 Å². The van der Waals surface area contributed by atoms with Crippen molar-refractivity contribution in [3.63, 3.8) is 0 Å². The molecule has 1 aliphatic rings. The minimum atomic E-state index is 0.666. The van der Waals surface area contributed by atoms with Crippen LogP contribution >= 0.6 is 0 Å². The normalized spacial score (nSPS) is 22.4. The molecule has 0 aliphatic carbocycles. The molecule has 1 aliphatic heterocycles. The highest BCUT2D eigenvalue weighted by Crippen LogP contribution is 2.21. The number of nitrogens with one attached hydrogen (secondary N) is 1. The van der Waals surface area contributed by atoms with E-state index in [4.69, 9.17) is 0 Å². The lowest BCUT2D eigenvalue weighted by Crippen LogP contribution is -2.26. The Hall–Kier alpha value is -0.500. The third-order valence-corrected chi connectivity index (χ3v) is 4.08. The molecule has 0 aromatic heterocycles. The van der Waals surface area contributed by atoms with Crippen molar-refractivity contribution < 1.29 is 0 Å². The van der Waals surface area contributed by atoms with Crippen LogP contribution in [-0.4, -0.2) is 31.6 Å². The summed E-state index contributed by atoms with van der Waals surface area (Å²) in [6.45, 7) is 14.6. The maximum atomic E-state index is 4.25. The van der Waals surface area contributed by atoms with E-state index < -0.39 is 0 Å². The molecule has 1 rings (SSSR count). The van der Waals surface area contributed by atoms with Crippen molar-refractivity contribution in [2.45, 2.75) is 33.6 Å². The molecular weight excluding hydrogens is 196 g/mol. The SMILES string of the molecule is C=C(C1CCNC1)N(C)CCC(C)C(C)C. The molecule has 1 fully saturated rings. The molecule has 2 unspecified atom stereocenters. The summed E-state index contributed by atoms with van der Waals surface area (Å²) in [5.41, 5.74) is 1.32. The van der Waals surface area contributed by atoms with E-state index >= 15 is 0 Å². The molecule has 0 aromatic rings. The van der Waals surface area contributed by atoms with Crippen molar-refractivity contribution in [1.82, 2.24) is 10.2 Å². The van der Waals surface area contributed by atoms with Crippen LogP contribution in [0.4, 0.5) is 0 Å². The van der Waals surface area contributed by atoms with Crippen LogP contribution in [0.1, 0.15) is 33.6 Å². The molecule has 0 saturated carbocycles. The van der Waals surface area contributed by atoms with Gasteiger partial charge in [-0.05, 0) is 31.2 Å². The van der Waals surface area contributed by atoms with Crippen LogP contribution in [0, 0.1) is 17.8 Å². The van der Waals surface area contributed by atoms with Crippen molar-refractivity contribution in [3.05, 3.63) is 12.3 Å². The van der Waals surface area contributed by atoms with Crippen molar-refractivity contribution >= 4 is 0 Å². The van der Waals surface area contributed by atoms with Crippen LogP contribution in [0.25, 0.3) is 0 Å². The molecule has 94 valence electrons. The van der Waals surface area contributed by atoms with Gasteiger partial charge in [-0.25, -0.2) is 0 Å². The maximum absolute atomic E-state index is 4.25. The molecule has 2 atom stereocenters. The summed E-state index contributed by atoms with van der Waals surface area (Å²) in [6, 6.07) is 0. The first-order chi connectivity index (χ1) is 7.52. The molecule has 0 spiro atoms. The monoisotopic (exact) mass is 224 g/mol. The van der Waals surface area contributed by atoms with Gasteiger partial charge in [-0.15, -0.1) is 0 Å². The number of rotatable bonds is 6. The van der Waals surface area contributed by atoms with E-state index in [0.717, 1.165) is 31.5 Å². The minimum absolute atomic E-state index is 0.666. The predicted octanol–water partition coefficient (Wildman–Crippen LogP) is 2.72. The Morgan fingerprint density at radius 2 is 2.12 bits per heavy atom. The molecule has 16 heavy (non-hydrogen) atoms. The van der Waals surface area contributed by atoms with E-state index in [1.54, 1.807) is 0 Å². The number of hydrogen-bond donors (Lipinski definition) is 1. The predicted molar refractivity (Wildman–Crippen MR) is 71.4 cm³/mol. The second-order valence-corrected chi connectivity index (χ2v) is 5.61. The van der Waals surface area contributed by atoms with Gasteiger partial charge in [-0.3, -0.25) is 0 Å². The summed E-state index contributed by atoms with van der Waals surface area (Å²) >= 11 is 0. The summed E-state index contributed by atoms with van der Waals surface area (Å²) < 4.78 is 0. The van der Waals surface area contributed by atoms with Gasteiger partial charge >= 0.3 is 0 Å². The largest absolute Gasteiger partial charge is 0.378 e. The molecule has 1 saturated heterocycles. The second kappa shape index (κ2) is 6.29. The fourth-order valence-electron chi connectivity index (χ4n) is 2.12. The Bertz CT molecular complexity index is 217. The van der Waals surface area contributed by atoms with Gasteiger partial charge in [0.2, 0.25) is 0 Å². The average molecular weight is 224 g/mol. The molecular formula is C14H28N2. The zero-order valence-corrected chi connectivity index (χ0v) is 11.4. The van der Waals surface area contributed by atoms with E-state index in [2.05, 4.69) is 44.6 Å². The highest BCUT2D eigenvalue weighted by Gasteiger charge is 2.20. The first kappa shape index (κ1) is 13.6. The Labute approximate surface area is 101 Å². The summed E-state index contributed by atoms with van der Waals surface area (Å²) in [6.07, 6.45) is 2.52. The van der Waals surface area contributed by atoms with Crippen molar-refractivity contribution in [1.29, 1.82) is 0 Å². The number of nitrogens with zero attached hydrogens (tertiary/aromatic N) is 1. The highest BCUT2D eigenvalue weighted by molar-refractivity contribution is 5.02. The second-order valence-electron chi connectivity index (χ2n) is 5.61. The van der Waals surface area contributed by atoms with Gasteiger partial charge in [0.05, 0.1) is 0 Å². The molecule has 2 heteroatoms. The van der Waals surface area contributed by atoms with Gasteiger partial charge in [0.15, 0.2) is 0 Å². The van der Waals surface area contributed by atoms with E-state index in [-0.39, 0.29) is 0 Å². The summed E-state index contributed by atoms with van der Waals surface area (Å²) in [4.78, 5) is 2.36. The van der Waals surface area contributed by atoms with Crippen LogP contribution in [0.5, 0.6) is 0 Å². The van der Waals surface area contributed by atoms with E-state index in [0.29, 0.717) is 5.92 Å². The quantitative estimate of drug-likeness (QED) is 0.746. The van der Waals surface area contributed by atoms with Gasteiger partial charge < -0.3 is 10.2 Å². The summed E-state index contributed by atoms with van der Waals surface area (Å²) in [5, 5.41) is 3.40. The summed E-state index contributed by atoms with van der Waals surface area (Å²) in [5.74, 6) is 2.26. The fourth-order valence-corrected chi connectivity index (χ4v) is 2.12. The summed E-state index contributed by atoms with van der Waals surface area (Å²) in [7, 11) is 2.19. The molecule has 0 aromatic carbocycles. The molecule has 0 radical (unpaired) electrons. The van der Waals surface area contributed by atoms with Crippen LogP contribution in [0.3, 0.4) is 0 Å². The maximum Gasteiger partial charge on any atom is 0.0174 e. The van der Waals surface area contributed by atoms with Crippen LogP contribution < -0.4 is 5.32 Å². The Kier molecular flexibility index (Phi) is 5.33. The van der Waals surface area contributed by atoms with Gasteiger partial charge in [0, 0.05) is 31.8 Å². The van der Waals surface area contributed by atoms with Crippen molar-refractivity contribution in [2.75, 3.05) is 26.7 Å². The molecule has 0 bridgehead atoms. The van der Waals surface area contributed by atoms with Crippen LogP contribution in [0.15, 0.2) is 12.3 Å². The lowest BCUT2D eigenvalue weighted by atomic mass is 9.94. The third-order valence-electron chi connectivity index (χ3n) is 4.08. The lowest BCUT2D eigenvalue weighted by Gasteiger charge is -2.27. The fraction of sp³-hybridized carbons (Fsp3) is 0.857. The average Bonchev–Trinajstić information content (AvgIpc) is 2.77. The van der Waals surface area contributed by atoms with Gasteiger partial charge in [-0.1, -0.05) is 27.4 Å². The minimum Gasteiger partial charge on any atom is -0.378 e.